The molecule has 0 aliphatic carbocycles. The Bertz CT molecular complexity index is 837. The maximum Gasteiger partial charge on any atom is 0.191 e. The fourth-order valence-electron chi connectivity index (χ4n) is 3.70. The van der Waals surface area contributed by atoms with Crippen LogP contribution < -0.4 is 20.1 Å². The number of ether oxygens (including phenoxy) is 2. The van der Waals surface area contributed by atoms with E-state index in [2.05, 4.69) is 37.8 Å². The summed E-state index contributed by atoms with van der Waals surface area (Å²) in [4.78, 5) is 11.5. The number of hydrogen-bond acceptors (Lipinski definition) is 6. The highest BCUT2D eigenvalue weighted by Gasteiger charge is 2.20. The first-order valence-electron chi connectivity index (χ1n) is 10.4. The third-order valence-electron chi connectivity index (χ3n) is 5.45. The van der Waals surface area contributed by atoms with Crippen molar-refractivity contribution >= 4 is 41.3 Å². The van der Waals surface area contributed by atoms with E-state index in [0.29, 0.717) is 12.5 Å². The molecule has 172 valence electrons. The Morgan fingerprint density at radius 2 is 1.94 bits per heavy atom. The minimum Gasteiger partial charge on any atom is -0.493 e. The highest BCUT2D eigenvalue weighted by Crippen LogP contribution is 2.27. The minimum atomic E-state index is 0. The molecule has 1 aliphatic rings. The number of nitrogens with zero attached hydrogens (tertiary/aromatic N) is 3. The highest BCUT2D eigenvalue weighted by molar-refractivity contribution is 14.0. The first-order chi connectivity index (χ1) is 14.6. The lowest BCUT2D eigenvalue weighted by Crippen LogP contribution is -2.42. The van der Waals surface area contributed by atoms with E-state index >= 15 is 0 Å². The number of thiazole rings is 1. The molecule has 1 aliphatic heterocycles. The van der Waals surface area contributed by atoms with Gasteiger partial charge in [-0.2, -0.15) is 0 Å². The number of methoxy groups -OCH3 is 2. The van der Waals surface area contributed by atoms with E-state index in [-0.39, 0.29) is 24.0 Å². The smallest absolute Gasteiger partial charge is 0.191 e. The van der Waals surface area contributed by atoms with Crippen LogP contribution in [0.5, 0.6) is 11.5 Å². The van der Waals surface area contributed by atoms with Crippen LogP contribution in [0.15, 0.2) is 28.6 Å². The zero-order valence-electron chi connectivity index (χ0n) is 18.8. The van der Waals surface area contributed by atoms with E-state index in [0.717, 1.165) is 54.2 Å². The third kappa shape index (κ3) is 7.80. The molecule has 9 heteroatoms. The number of guanidine groups is 1. The molecule has 2 aromatic rings. The van der Waals surface area contributed by atoms with Crippen LogP contribution in [0.3, 0.4) is 0 Å². The van der Waals surface area contributed by atoms with Crippen LogP contribution in [0.4, 0.5) is 0 Å². The van der Waals surface area contributed by atoms with E-state index in [9.17, 15) is 0 Å². The molecule has 0 saturated carbocycles. The van der Waals surface area contributed by atoms with Crippen molar-refractivity contribution in [2.24, 2.45) is 10.9 Å². The maximum absolute atomic E-state index is 5.38. The Morgan fingerprint density at radius 1 is 1.19 bits per heavy atom. The van der Waals surface area contributed by atoms with Gasteiger partial charge in [-0.3, -0.25) is 9.89 Å². The van der Waals surface area contributed by atoms with Crippen molar-refractivity contribution in [3.8, 4) is 11.5 Å². The Balaban J connectivity index is 0.00000341. The molecule has 7 nitrogen and oxygen atoms in total. The summed E-state index contributed by atoms with van der Waals surface area (Å²) in [6.45, 7) is 6.90. The Labute approximate surface area is 206 Å². The van der Waals surface area contributed by atoms with Crippen molar-refractivity contribution in [3.63, 3.8) is 0 Å². The number of halogens is 1. The van der Waals surface area contributed by atoms with Crippen molar-refractivity contribution in [2.45, 2.75) is 32.9 Å². The molecule has 0 amide bonds. The molecule has 3 rings (SSSR count). The molecule has 2 heterocycles. The summed E-state index contributed by atoms with van der Waals surface area (Å²) in [5.41, 5.74) is 2.31. The largest absolute Gasteiger partial charge is 0.493 e. The van der Waals surface area contributed by atoms with Crippen LogP contribution in [0.25, 0.3) is 0 Å². The molecule has 1 fully saturated rings. The number of nitrogens with one attached hydrogen (secondary N) is 2. The molecule has 1 aromatic heterocycles. The normalized spacial score (nSPS) is 15.3. The monoisotopic (exact) mass is 559 g/mol. The first kappa shape index (κ1) is 25.7. The number of aryl methyl sites for hydroxylation is 1. The Morgan fingerprint density at radius 3 is 2.55 bits per heavy atom. The number of likely N-dealkylation sites (tertiary alicyclic amines) is 1. The first-order valence-corrected chi connectivity index (χ1v) is 11.3. The Kier molecular flexibility index (Phi) is 10.8. The second kappa shape index (κ2) is 13.1. The van der Waals surface area contributed by atoms with Gasteiger partial charge in [0, 0.05) is 32.1 Å². The van der Waals surface area contributed by atoms with Crippen molar-refractivity contribution in [1.82, 2.24) is 20.5 Å². The molecule has 0 spiro atoms. The average molecular weight is 560 g/mol. The van der Waals surface area contributed by atoms with Gasteiger partial charge in [-0.15, -0.1) is 35.3 Å². The second-order valence-electron chi connectivity index (χ2n) is 7.57. The fourth-order valence-corrected chi connectivity index (χ4v) is 4.30. The van der Waals surface area contributed by atoms with E-state index in [4.69, 9.17) is 9.47 Å². The molecule has 0 bridgehead atoms. The number of piperidine rings is 1. The van der Waals surface area contributed by atoms with Gasteiger partial charge >= 0.3 is 0 Å². The topological polar surface area (TPSA) is 71.0 Å². The van der Waals surface area contributed by atoms with Crippen LogP contribution in [0.2, 0.25) is 0 Å². The summed E-state index contributed by atoms with van der Waals surface area (Å²) in [6, 6.07) is 5.94. The van der Waals surface area contributed by atoms with Crippen molar-refractivity contribution in [1.29, 1.82) is 0 Å². The molecule has 2 N–H and O–H groups in total. The van der Waals surface area contributed by atoms with Gasteiger partial charge in [0.15, 0.2) is 17.5 Å². The second-order valence-corrected chi connectivity index (χ2v) is 8.64. The van der Waals surface area contributed by atoms with E-state index in [1.165, 1.54) is 18.5 Å². The summed E-state index contributed by atoms with van der Waals surface area (Å²) in [7, 11) is 5.10. The lowest BCUT2D eigenvalue weighted by Gasteiger charge is -2.31. The number of rotatable bonds is 8. The molecular formula is C22H34IN5O2S. The van der Waals surface area contributed by atoms with Crippen LogP contribution >= 0.6 is 35.3 Å². The van der Waals surface area contributed by atoms with Crippen molar-refractivity contribution in [2.75, 3.05) is 40.9 Å². The summed E-state index contributed by atoms with van der Waals surface area (Å²) in [5, 5.41) is 10.2. The zero-order chi connectivity index (χ0) is 21.3. The minimum absolute atomic E-state index is 0. The van der Waals surface area contributed by atoms with Crippen LogP contribution in [0, 0.1) is 12.8 Å². The summed E-state index contributed by atoms with van der Waals surface area (Å²) >= 11 is 1.73. The predicted octanol–water partition coefficient (Wildman–Crippen LogP) is 3.66. The fraction of sp³-hybridized carbons (Fsp3) is 0.545. The molecule has 1 saturated heterocycles. The maximum atomic E-state index is 5.38. The standard InChI is InChI=1S/C22H33N5O2S.HI/c1-16-26-19(15-30-16)14-27-9-7-17(8-10-27)12-24-22(23-2)25-13-18-5-6-20(28-3)21(11-18)29-4;/h5-6,11,15,17H,7-10,12-14H2,1-4H3,(H2,23,24,25);1H. The molecule has 1 aromatic carbocycles. The molecule has 0 atom stereocenters. The Hall–Kier alpha value is -1.59. The van der Waals surface area contributed by atoms with E-state index in [1.54, 1.807) is 25.6 Å². The van der Waals surface area contributed by atoms with Crippen LogP contribution in [-0.2, 0) is 13.1 Å². The number of hydrogen-bond donors (Lipinski definition) is 2. The average Bonchev–Trinajstić information content (AvgIpc) is 3.19. The molecular weight excluding hydrogens is 525 g/mol. The van der Waals surface area contributed by atoms with Crippen molar-refractivity contribution < 1.29 is 9.47 Å². The predicted molar refractivity (Wildman–Crippen MR) is 138 cm³/mol. The van der Waals surface area contributed by atoms with Gasteiger partial charge < -0.3 is 20.1 Å². The van der Waals surface area contributed by atoms with E-state index in [1.807, 2.05) is 25.2 Å². The van der Waals surface area contributed by atoms with Crippen LogP contribution in [-0.4, -0.2) is 56.7 Å². The number of aromatic nitrogens is 1. The van der Waals surface area contributed by atoms with Gasteiger partial charge in [0.05, 0.1) is 24.9 Å². The number of benzene rings is 1. The third-order valence-corrected chi connectivity index (χ3v) is 6.27. The quantitative estimate of drug-likeness (QED) is 0.292. The highest BCUT2D eigenvalue weighted by atomic mass is 127. The summed E-state index contributed by atoms with van der Waals surface area (Å²) in [5.74, 6) is 2.96. The van der Waals surface area contributed by atoms with E-state index < -0.39 is 0 Å². The van der Waals surface area contributed by atoms with Gasteiger partial charge in [-0.25, -0.2) is 4.98 Å². The van der Waals surface area contributed by atoms with Gasteiger partial charge in [-0.1, -0.05) is 6.07 Å². The van der Waals surface area contributed by atoms with Gasteiger partial charge in [0.1, 0.15) is 0 Å². The molecule has 31 heavy (non-hydrogen) atoms. The van der Waals surface area contributed by atoms with Crippen molar-refractivity contribution in [3.05, 3.63) is 39.8 Å². The summed E-state index contributed by atoms with van der Waals surface area (Å²) in [6.07, 6.45) is 2.39. The van der Waals surface area contributed by atoms with Gasteiger partial charge in [0.25, 0.3) is 0 Å². The van der Waals surface area contributed by atoms with Gasteiger partial charge in [-0.05, 0) is 56.5 Å². The summed E-state index contributed by atoms with van der Waals surface area (Å²) < 4.78 is 10.7. The number of aliphatic imine (C=N–C) groups is 1. The van der Waals surface area contributed by atoms with Gasteiger partial charge in [0.2, 0.25) is 0 Å². The lowest BCUT2D eigenvalue weighted by molar-refractivity contribution is 0.176. The zero-order valence-corrected chi connectivity index (χ0v) is 22.0. The molecule has 0 radical (unpaired) electrons. The SMILES string of the molecule is CN=C(NCc1ccc(OC)c(OC)c1)NCC1CCN(Cc2csc(C)n2)CC1.I. The molecule has 0 unspecified atom stereocenters. The van der Waals surface area contributed by atoms with Crippen LogP contribution in [0.1, 0.15) is 29.1 Å². The lowest BCUT2D eigenvalue weighted by atomic mass is 9.97.